The van der Waals surface area contributed by atoms with Crippen LogP contribution in [0.2, 0.25) is 0 Å². The summed E-state index contributed by atoms with van der Waals surface area (Å²) in [5, 5.41) is 2.93. The average molecular weight is 220 g/mol. The average Bonchev–Trinajstić information content (AvgIpc) is 2.39. The number of ether oxygens (including phenoxy) is 1. The van der Waals surface area contributed by atoms with Crippen LogP contribution in [0.4, 0.5) is 11.4 Å². The summed E-state index contributed by atoms with van der Waals surface area (Å²) in [4.78, 5) is 12.9. The second-order valence-corrected chi connectivity index (χ2v) is 4.00. The van der Waals surface area contributed by atoms with Crippen LogP contribution in [-0.4, -0.2) is 20.2 Å². The van der Waals surface area contributed by atoms with Crippen LogP contribution in [0.25, 0.3) is 0 Å². The van der Waals surface area contributed by atoms with E-state index in [1.54, 1.807) is 13.2 Å². The second kappa shape index (κ2) is 4.96. The molecule has 1 aliphatic heterocycles. The summed E-state index contributed by atoms with van der Waals surface area (Å²) in [6.07, 6.45) is 3.77. The molecule has 4 nitrogen and oxygen atoms in total. The van der Waals surface area contributed by atoms with Crippen molar-refractivity contribution in [2.45, 2.75) is 19.3 Å². The topological polar surface area (TPSA) is 41.9 Å². The van der Waals surface area contributed by atoms with E-state index in [1.807, 2.05) is 12.1 Å². The van der Waals surface area contributed by atoms with Crippen molar-refractivity contribution < 1.29 is 4.74 Å². The monoisotopic (exact) mass is 220 g/mol. The van der Waals surface area contributed by atoms with Crippen molar-refractivity contribution in [3.8, 4) is 5.75 Å². The zero-order chi connectivity index (χ0) is 11.4. The Balaban J connectivity index is 2.24. The molecule has 1 fully saturated rings. The van der Waals surface area contributed by atoms with E-state index in [-0.39, 0.29) is 0 Å². The van der Waals surface area contributed by atoms with Crippen molar-refractivity contribution in [1.29, 1.82) is 0 Å². The van der Waals surface area contributed by atoms with Gasteiger partial charge in [0.1, 0.15) is 11.4 Å². The van der Waals surface area contributed by atoms with Gasteiger partial charge >= 0.3 is 0 Å². The molecule has 0 saturated carbocycles. The van der Waals surface area contributed by atoms with Crippen LogP contribution in [0.5, 0.6) is 5.75 Å². The molecule has 0 aromatic heterocycles. The van der Waals surface area contributed by atoms with Gasteiger partial charge in [-0.05, 0) is 36.6 Å². The molecule has 2 rings (SSSR count). The Kier molecular flexibility index (Phi) is 3.39. The van der Waals surface area contributed by atoms with Gasteiger partial charge in [0, 0.05) is 24.8 Å². The van der Waals surface area contributed by atoms with E-state index in [2.05, 4.69) is 10.1 Å². The molecule has 1 saturated heterocycles. The summed E-state index contributed by atoms with van der Waals surface area (Å²) in [5.74, 6) is 0.554. The fourth-order valence-electron chi connectivity index (χ4n) is 2.09. The van der Waals surface area contributed by atoms with Crippen molar-refractivity contribution in [3.05, 3.63) is 23.1 Å². The molecule has 0 aliphatic carbocycles. The number of nitrogens with zero attached hydrogens (tertiary/aromatic N) is 2. The maximum Gasteiger partial charge on any atom is 0.150 e. The molecule has 1 heterocycles. The van der Waals surface area contributed by atoms with Gasteiger partial charge in [0.15, 0.2) is 0 Å². The quantitative estimate of drug-likeness (QED) is 0.735. The van der Waals surface area contributed by atoms with Crippen LogP contribution in [-0.2, 0) is 0 Å². The highest BCUT2D eigenvalue weighted by atomic mass is 16.5. The Morgan fingerprint density at radius 3 is 2.62 bits per heavy atom. The van der Waals surface area contributed by atoms with Crippen LogP contribution >= 0.6 is 0 Å². The molecular weight excluding hydrogens is 204 g/mol. The summed E-state index contributed by atoms with van der Waals surface area (Å²) in [6, 6.07) is 5.54. The Labute approximate surface area is 95.2 Å². The van der Waals surface area contributed by atoms with Gasteiger partial charge in [-0.3, -0.25) is 0 Å². The summed E-state index contributed by atoms with van der Waals surface area (Å²) < 4.78 is 5.15. The van der Waals surface area contributed by atoms with Crippen LogP contribution in [0.15, 0.2) is 23.4 Å². The number of hydrogen-bond donors (Lipinski definition) is 0. The minimum atomic E-state index is 0.364. The van der Waals surface area contributed by atoms with E-state index >= 15 is 0 Å². The van der Waals surface area contributed by atoms with E-state index in [0.29, 0.717) is 11.4 Å². The fraction of sp³-hybridized carbons (Fsp3) is 0.500. The number of benzene rings is 1. The molecule has 0 amide bonds. The molecule has 16 heavy (non-hydrogen) atoms. The third kappa shape index (κ3) is 2.15. The Bertz CT molecular complexity index is 373. The highest BCUT2D eigenvalue weighted by molar-refractivity contribution is 5.61. The number of methoxy groups -OCH3 is 1. The number of anilines is 1. The van der Waals surface area contributed by atoms with Crippen LogP contribution < -0.4 is 9.64 Å². The molecule has 0 spiro atoms. The molecule has 1 aromatic rings. The third-order valence-corrected chi connectivity index (χ3v) is 2.98. The van der Waals surface area contributed by atoms with Gasteiger partial charge in [0.2, 0.25) is 0 Å². The van der Waals surface area contributed by atoms with Gasteiger partial charge in [-0.2, -0.15) is 0 Å². The van der Waals surface area contributed by atoms with Crippen molar-refractivity contribution in [1.82, 2.24) is 0 Å². The third-order valence-electron chi connectivity index (χ3n) is 2.98. The number of nitroso groups, excluding NO2 is 1. The van der Waals surface area contributed by atoms with Gasteiger partial charge in [-0.25, -0.2) is 0 Å². The van der Waals surface area contributed by atoms with E-state index in [1.165, 1.54) is 19.3 Å². The summed E-state index contributed by atoms with van der Waals surface area (Å²) in [6.45, 7) is 2.16. The largest absolute Gasteiger partial charge is 0.494 e. The zero-order valence-electron chi connectivity index (χ0n) is 9.48. The van der Waals surface area contributed by atoms with Crippen LogP contribution in [0, 0.1) is 4.91 Å². The minimum Gasteiger partial charge on any atom is -0.494 e. The highest BCUT2D eigenvalue weighted by Crippen LogP contribution is 2.32. The molecule has 1 aromatic carbocycles. The predicted octanol–water partition coefficient (Wildman–Crippen LogP) is 3.08. The first kappa shape index (κ1) is 10.9. The fourth-order valence-corrected chi connectivity index (χ4v) is 2.09. The Morgan fingerprint density at radius 2 is 2.00 bits per heavy atom. The number of piperidine rings is 1. The summed E-state index contributed by atoms with van der Waals surface area (Å²) in [7, 11) is 1.56. The molecular formula is C12H16N2O2. The summed E-state index contributed by atoms with van der Waals surface area (Å²) in [5.41, 5.74) is 1.48. The van der Waals surface area contributed by atoms with Crippen LogP contribution in [0.1, 0.15) is 19.3 Å². The molecule has 0 unspecified atom stereocenters. The maximum atomic E-state index is 10.5. The predicted molar refractivity (Wildman–Crippen MR) is 64.5 cm³/mol. The molecule has 0 atom stereocenters. The number of hydrogen-bond acceptors (Lipinski definition) is 4. The smallest absolute Gasteiger partial charge is 0.150 e. The first-order valence-corrected chi connectivity index (χ1v) is 5.61. The highest BCUT2D eigenvalue weighted by Gasteiger charge is 2.13. The van der Waals surface area contributed by atoms with Gasteiger partial charge < -0.3 is 9.64 Å². The maximum absolute atomic E-state index is 10.5. The SMILES string of the molecule is COc1cc(N2CCCCC2)ccc1N=O. The van der Waals surface area contributed by atoms with Crippen molar-refractivity contribution in [3.63, 3.8) is 0 Å². The summed E-state index contributed by atoms with van der Waals surface area (Å²) >= 11 is 0. The molecule has 86 valence electrons. The van der Waals surface area contributed by atoms with Crippen molar-refractivity contribution in [2.24, 2.45) is 5.18 Å². The van der Waals surface area contributed by atoms with Crippen molar-refractivity contribution >= 4 is 11.4 Å². The zero-order valence-corrected chi connectivity index (χ0v) is 9.48. The number of rotatable bonds is 3. The standard InChI is InChI=1S/C12H16N2O2/c1-16-12-9-10(5-6-11(12)13-15)14-7-3-2-4-8-14/h5-6,9H,2-4,7-8H2,1H3. The first-order chi connectivity index (χ1) is 7.85. The molecule has 4 heteroatoms. The Hall–Kier alpha value is -1.58. The first-order valence-electron chi connectivity index (χ1n) is 5.61. The van der Waals surface area contributed by atoms with Crippen molar-refractivity contribution in [2.75, 3.05) is 25.1 Å². The molecule has 0 N–H and O–H groups in total. The second-order valence-electron chi connectivity index (χ2n) is 4.00. The van der Waals surface area contributed by atoms with E-state index in [4.69, 9.17) is 4.74 Å². The van der Waals surface area contributed by atoms with Gasteiger partial charge in [-0.15, -0.1) is 4.91 Å². The van der Waals surface area contributed by atoms with E-state index < -0.39 is 0 Å². The van der Waals surface area contributed by atoms with Gasteiger partial charge in [0.25, 0.3) is 0 Å². The lowest BCUT2D eigenvalue weighted by atomic mass is 10.1. The minimum absolute atomic E-state index is 0.364. The van der Waals surface area contributed by atoms with E-state index in [0.717, 1.165) is 18.8 Å². The lowest BCUT2D eigenvalue weighted by molar-refractivity contribution is 0.416. The van der Waals surface area contributed by atoms with E-state index in [9.17, 15) is 4.91 Å². The molecule has 0 radical (unpaired) electrons. The van der Waals surface area contributed by atoms with Gasteiger partial charge in [0.05, 0.1) is 7.11 Å². The van der Waals surface area contributed by atoms with Crippen LogP contribution in [0.3, 0.4) is 0 Å². The molecule has 0 bridgehead atoms. The van der Waals surface area contributed by atoms with Gasteiger partial charge in [-0.1, -0.05) is 0 Å². The lowest BCUT2D eigenvalue weighted by Crippen LogP contribution is -2.29. The lowest BCUT2D eigenvalue weighted by Gasteiger charge is -2.29. The normalized spacial score (nSPS) is 15.9. The Morgan fingerprint density at radius 1 is 1.25 bits per heavy atom. The molecule has 1 aliphatic rings.